The van der Waals surface area contributed by atoms with E-state index in [2.05, 4.69) is 15.9 Å². The molecule has 80 valence electrons. The highest BCUT2D eigenvalue weighted by Gasteiger charge is 2.27. The van der Waals surface area contributed by atoms with Crippen LogP contribution in [0.3, 0.4) is 0 Å². The first-order chi connectivity index (χ1) is 7.20. The fourth-order valence-electron chi connectivity index (χ4n) is 1.65. The van der Waals surface area contributed by atoms with E-state index < -0.39 is 11.9 Å². The van der Waals surface area contributed by atoms with Gasteiger partial charge in [-0.1, -0.05) is 6.07 Å². The third-order valence-corrected chi connectivity index (χ3v) is 3.05. The number of rotatable bonds is 2. The van der Waals surface area contributed by atoms with E-state index in [4.69, 9.17) is 4.74 Å². The number of benzene rings is 1. The van der Waals surface area contributed by atoms with E-state index in [9.17, 15) is 9.18 Å². The van der Waals surface area contributed by atoms with Crippen LogP contribution in [0.15, 0.2) is 22.7 Å². The van der Waals surface area contributed by atoms with Gasteiger partial charge in [0.2, 0.25) is 0 Å². The minimum absolute atomic E-state index is 0.108. The fourth-order valence-corrected chi connectivity index (χ4v) is 2.02. The summed E-state index contributed by atoms with van der Waals surface area (Å²) in [4.78, 5) is 11.8. The average molecular weight is 273 g/mol. The maximum absolute atomic E-state index is 13.6. The van der Waals surface area contributed by atoms with Crippen LogP contribution >= 0.6 is 15.9 Å². The fraction of sp³-hybridized carbons (Fsp3) is 0.364. The third kappa shape index (κ3) is 2.11. The van der Waals surface area contributed by atoms with Crippen molar-refractivity contribution in [2.45, 2.75) is 18.9 Å². The Labute approximate surface area is 95.6 Å². The van der Waals surface area contributed by atoms with Crippen LogP contribution in [0.25, 0.3) is 0 Å². The number of ether oxygens (including phenoxy) is 1. The van der Waals surface area contributed by atoms with Gasteiger partial charge in [-0.05, 0) is 40.9 Å². The minimum Gasteiger partial charge on any atom is -0.370 e. The van der Waals surface area contributed by atoms with Gasteiger partial charge in [-0.25, -0.2) is 4.39 Å². The van der Waals surface area contributed by atoms with Gasteiger partial charge in [-0.3, -0.25) is 4.79 Å². The van der Waals surface area contributed by atoms with E-state index in [-0.39, 0.29) is 11.3 Å². The van der Waals surface area contributed by atoms with E-state index in [1.54, 1.807) is 12.1 Å². The number of halogens is 2. The van der Waals surface area contributed by atoms with Gasteiger partial charge in [-0.15, -0.1) is 0 Å². The smallest absolute Gasteiger partial charge is 0.194 e. The lowest BCUT2D eigenvalue weighted by atomic mass is 10.0. The summed E-state index contributed by atoms with van der Waals surface area (Å²) >= 11 is 3.05. The van der Waals surface area contributed by atoms with Crippen molar-refractivity contribution in [3.8, 4) is 0 Å². The number of hydrogen-bond donors (Lipinski definition) is 0. The quantitative estimate of drug-likeness (QED) is 0.774. The Kier molecular flexibility index (Phi) is 3.17. The largest absolute Gasteiger partial charge is 0.370 e. The molecule has 1 saturated heterocycles. The molecule has 0 unspecified atom stereocenters. The van der Waals surface area contributed by atoms with E-state index in [1.807, 2.05) is 0 Å². The molecule has 1 aromatic rings. The molecule has 0 bridgehead atoms. The molecule has 1 aliphatic heterocycles. The zero-order valence-electron chi connectivity index (χ0n) is 8.00. The zero-order chi connectivity index (χ0) is 10.8. The van der Waals surface area contributed by atoms with Crippen molar-refractivity contribution in [1.29, 1.82) is 0 Å². The van der Waals surface area contributed by atoms with E-state index in [0.717, 1.165) is 6.42 Å². The van der Waals surface area contributed by atoms with Crippen LogP contribution < -0.4 is 0 Å². The summed E-state index contributed by atoms with van der Waals surface area (Å²) in [6.45, 7) is 0.589. The standard InChI is InChI=1S/C11H10BrFO2/c12-8-4-1-3-7(10(8)13)11(14)9-5-2-6-15-9/h1,3-4,9H,2,5-6H2/t9-/m0/s1. The van der Waals surface area contributed by atoms with Crippen LogP contribution in [0, 0.1) is 5.82 Å². The summed E-state index contributed by atoms with van der Waals surface area (Å²) in [5.41, 5.74) is 0.108. The highest BCUT2D eigenvalue weighted by molar-refractivity contribution is 9.10. The van der Waals surface area contributed by atoms with Crippen LogP contribution in [0.4, 0.5) is 4.39 Å². The van der Waals surface area contributed by atoms with Gasteiger partial charge in [0.15, 0.2) is 5.78 Å². The normalized spacial score (nSPS) is 20.5. The Balaban J connectivity index is 2.28. The molecule has 0 aliphatic carbocycles. The van der Waals surface area contributed by atoms with Crippen LogP contribution in [0.5, 0.6) is 0 Å². The lowest BCUT2D eigenvalue weighted by molar-refractivity contribution is 0.0638. The molecule has 1 heterocycles. The van der Waals surface area contributed by atoms with Crippen molar-refractivity contribution in [3.63, 3.8) is 0 Å². The van der Waals surface area contributed by atoms with E-state index in [0.29, 0.717) is 17.5 Å². The SMILES string of the molecule is O=C(c1cccc(Br)c1F)[C@@H]1CCCO1. The Bertz CT molecular complexity index is 386. The number of carbonyl (C=O) groups excluding carboxylic acids is 1. The Morgan fingerprint density at radius 2 is 2.33 bits per heavy atom. The summed E-state index contributed by atoms with van der Waals surface area (Å²) in [5.74, 6) is -0.760. The van der Waals surface area contributed by atoms with Crippen molar-refractivity contribution in [1.82, 2.24) is 0 Å². The molecule has 2 nitrogen and oxygen atoms in total. The summed E-state index contributed by atoms with van der Waals surface area (Å²) in [7, 11) is 0. The molecule has 0 saturated carbocycles. The van der Waals surface area contributed by atoms with Gasteiger partial charge in [0, 0.05) is 6.61 Å². The van der Waals surface area contributed by atoms with Gasteiger partial charge in [0.1, 0.15) is 11.9 Å². The molecule has 1 aromatic carbocycles. The molecule has 2 rings (SSSR count). The van der Waals surface area contributed by atoms with Gasteiger partial charge in [0.25, 0.3) is 0 Å². The lowest BCUT2D eigenvalue weighted by Crippen LogP contribution is -2.20. The molecule has 15 heavy (non-hydrogen) atoms. The van der Waals surface area contributed by atoms with Crippen molar-refractivity contribution in [2.24, 2.45) is 0 Å². The summed E-state index contributed by atoms with van der Waals surface area (Å²) in [5, 5.41) is 0. The minimum atomic E-state index is -0.502. The van der Waals surface area contributed by atoms with Gasteiger partial charge >= 0.3 is 0 Å². The molecule has 0 amide bonds. The first kappa shape index (κ1) is 10.8. The van der Waals surface area contributed by atoms with Crippen LogP contribution in [0.2, 0.25) is 0 Å². The van der Waals surface area contributed by atoms with Gasteiger partial charge in [0.05, 0.1) is 10.0 Å². The van der Waals surface area contributed by atoms with Crippen molar-refractivity contribution in [2.75, 3.05) is 6.61 Å². The molecule has 0 spiro atoms. The predicted octanol–water partition coefficient (Wildman–Crippen LogP) is 2.95. The van der Waals surface area contributed by atoms with Gasteiger partial charge in [-0.2, -0.15) is 0 Å². The summed E-state index contributed by atoms with van der Waals surface area (Å²) in [6, 6.07) is 4.71. The number of Topliss-reactive ketones (excluding diaryl/α,β-unsaturated/α-hetero) is 1. The average Bonchev–Trinajstić information content (AvgIpc) is 2.74. The van der Waals surface area contributed by atoms with Crippen molar-refractivity contribution in [3.05, 3.63) is 34.1 Å². The van der Waals surface area contributed by atoms with E-state index in [1.165, 1.54) is 6.07 Å². The first-order valence-electron chi connectivity index (χ1n) is 4.80. The highest BCUT2D eigenvalue weighted by Crippen LogP contribution is 2.23. The molecule has 0 aromatic heterocycles. The highest BCUT2D eigenvalue weighted by atomic mass is 79.9. The molecule has 4 heteroatoms. The maximum atomic E-state index is 13.6. The van der Waals surface area contributed by atoms with Crippen molar-refractivity contribution < 1.29 is 13.9 Å². The second-order valence-corrected chi connectivity index (χ2v) is 4.32. The monoisotopic (exact) mass is 272 g/mol. The molecule has 0 N–H and O–H groups in total. The van der Waals surface area contributed by atoms with Crippen LogP contribution in [0.1, 0.15) is 23.2 Å². The predicted molar refractivity (Wildman–Crippen MR) is 57.4 cm³/mol. The maximum Gasteiger partial charge on any atom is 0.194 e. The third-order valence-electron chi connectivity index (χ3n) is 2.44. The second-order valence-electron chi connectivity index (χ2n) is 3.47. The molecular weight excluding hydrogens is 263 g/mol. The Hall–Kier alpha value is -0.740. The molecular formula is C11H10BrFO2. The van der Waals surface area contributed by atoms with Crippen LogP contribution in [-0.2, 0) is 4.74 Å². The number of hydrogen-bond acceptors (Lipinski definition) is 2. The van der Waals surface area contributed by atoms with Crippen LogP contribution in [-0.4, -0.2) is 18.5 Å². The van der Waals surface area contributed by atoms with Crippen molar-refractivity contribution >= 4 is 21.7 Å². The Morgan fingerprint density at radius 1 is 1.53 bits per heavy atom. The zero-order valence-corrected chi connectivity index (χ0v) is 9.59. The first-order valence-corrected chi connectivity index (χ1v) is 5.59. The lowest BCUT2D eigenvalue weighted by Gasteiger charge is -2.09. The Morgan fingerprint density at radius 3 is 3.00 bits per heavy atom. The molecule has 1 aliphatic rings. The topological polar surface area (TPSA) is 26.3 Å². The molecule has 1 atom stereocenters. The number of carbonyl (C=O) groups is 1. The number of ketones is 1. The molecule has 1 fully saturated rings. The van der Waals surface area contributed by atoms with Gasteiger partial charge < -0.3 is 4.74 Å². The van der Waals surface area contributed by atoms with E-state index >= 15 is 0 Å². The summed E-state index contributed by atoms with van der Waals surface area (Å²) in [6.07, 6.45) is 1.09. The summed E-state index contributed by atoms with van der Waals surface area (Å²) < 4.78 is 19.1. The molecule has 0 radical (unpaired) electrons. The second kappa shape index (κ2) is 4.41.